The zero-order valence-corrected chi connectivity index (χ0v) is 12.5. The number of hydrogen-bond acceptors (Lipinski definition) is 6. The molecule has 0 aliphatic heterocycles. The number of aromatic hydroxyl groups is 2. The molecule has 128 valence electrons. The summed E-state index contributed by atoms with van der Waals surface area (Å²) in [7, 11) is 0. The van der Waals surface area contributed by atoms with Crippen LogP contribution in [0.4, 0.5) is 24.8 Å². The van der Waals surface area contributed by atoms with Gasteiger partial charge in [0.2, 0.25) is 0 Å². The molecule has 6 nitrogen and oxygen atoms in total. The maximum absolute atomic E-state index is 12.7. The number of rotatable bonds is 3. The van der Waals surface area contributed by atoms with Crippen molar-refractivity contribution in [2.24, 2.45) is 0 Å². The molecule has 2 heterocycles. The van der Waals surface area contributed by atoms with Crippen molar-refractivity contribution >= 4 is 11.6 Å². The molecule has 25 heavy (non-hydrogen) atoms. The van der Waals surface area contributed by atoms with E-state index in [0.717, 1.165) is 6.07 Å². The van der Waals surface area contributed by atoms with Crippen LogP contribution in [0.2, 0.25) is 0 Å². The molecular formula is C16H11F3N4O2. The fourth-order valence-electron chi connectivity index (χ4n) is 2.06. The molecule has 2 aromatic heterocycles. The topological polar surface area (TPSA) is 91.2 Å². The lowest BCUT2D eigenvalue weighted by atomic mass is 10.1. The average Bonchev–Trinajstić information content (AvgIpc) is 2.57. The fraction of sp³-hybridized carbons (Fsp3) is 0.0625. The van der Waals surface area contributed by atoms with Crippen LogP contribution >= 0.6 is 0 Å². The number of pyridine rings is 1. The summed E-state index contributed by atoms with van der Waals surface area (Å²) in [6, 6.07) is 9.10. The Bertz CT molecular complexity index is 916. The highest BCUT2D eigenvalue weighted by molar-refractivity contribution is 5.67. The molecule has 0 bridgehead atoms. The molecule has 0 unspecified atom stereocenters. The molecule has 0 amide bonds. The summed E-state index contributed by atoms with van der Waals surface area (Å²) in [5, 5.41) is 21.6. The van der Waals surface area contributed by atoms with E-state index in [1.807, 2.05) is 0 Å². The summed E-state index contributed by atoms with van der Waals surface area (Å²) in [6.45, 7) is 0. The molecule has 0 fully saturated rings. The van der Waals surface area contributed by atoms with E-state index in [1.165, 1.54) is 42.7 Å². The Morgan fingerprint density at radius 2 is 1.68 bits per heavy atom. The van der Waals surface area contributed by atoms with Crippen LogP contribution in [0.25, 0.3) is 11.3 Å². The number of benzene rings is 1. The summed E-state index contributed by atoms with van der Waals surface area (Å²) in [6.07, 6.45) is -3.33. The van der Waals surface area contributed by atoms with Gasteiger partial charge in [-0.05, 0) is 30.3 Å². The van der Waals surface area contributed by atoms with Gasteiger partial charge in [-0.1, -0.05) is 6.07 Å². The highest BCUT2D eigenvalue weighted by atomic mass is 19.4. The van der Waals surface area contributed by atoms with Crippen LogP contribution in [0, 0.1) is 0 Å². The number of phenols is 2. The zero-order chi connectivity index (χ0) is 18.0. The van der Waals surface area contributed by atoms with Crippen molar-refractivity contribution in [1.82, 2.24) is 15.0 Å². The normalized spacial score (nSPS) is 11.3. The lowest BCUT2D eigenvalue weighted by Gasteiger charge is -2.10. The monoisotopic (exact) mass is 348 g/mol. The fourth-order valence-corrected chi connectivity index (χ4v) is 2.06. The molecule has 9 heteroatoms. The first kappa shape index (κ1) is 16.5. The summed E-state index contributed by atoms with van der Waals surface area (Å²) >= 11 is 0. The quantitative estimate of drug-likeness (QED) is 0.625. The van der Waals surface area contributed by atoms with E-state index in [2.05, 4.69) is 20.3 Å². The second-order valence-corrected chi connectivity index (χ2v) is 5.02. The molecule has 3 N–H and O–H groups in total. The van der Waals surface area contributed by atoms with E-state index in [0.29, 0.717) is 11.3 Å². The lowest BCUT2D eigenvalue weighted by molar-refractivity contribution is -0.141. The number of phenolic OH excluding ortho intramolecular Hbond substituents is 2. The predicted molar refractivity (Wildman–Crippen MR) is 83.3 cm³/mol. The Balaban J connectivity index is 1.88. The van der Waals surface area contributed by atoms with Crippen molar-refractivity contribution in [2.75, 3.05) is 5.32 Å². The lowest BCUT2D eigenvalue weighted by Crippen LogP contribution is -2.09. The van der Waals surface area contributed by atoms with Gasteiger partial charge in [0.1, 0.15) is 23.7 Å². The van der Waals surface area contributed by atoms with Crippen molar-refractivity contribution in [2.45, 2.75) is 6.18 Å². The number of alkyl halides is 3. The van der Waals surface area contributed by atoms with Crippen LogP contribution in [0.3, 0.4) is 0 Å². The standard InChI is InChI=1S/C16H11F3N4O2/c17-16(18,19)13-2-1-3-14(22-13)23-15-7-10(20-8-21-15)9-4-5-11(24)12(25)6-9/h1-8,24-25H,(H,20,21,22,23). The summed E-state index contributed by atoms with van der Waals surface area (Å²) in [5.41, 5.74) is -0.118. The first-order chi connectivity index (χ1) is 11.8. The van der Waals surface area contributed by atoms with E-state index < -0.39 is 11.9 Å². The molecule has 0 saturated heterocycles. The number of hydrogen-bond donors (Lipinski definition) is 3. The summed E-state index contributed by atoms with van der Waals surface area (Å²) in [4.78, 5) is 11.5. The molecule has 3 rings (SSSR count). The Kier molecular flexibility index (Phi) is 4.14. The third-order valence-electron chi connectivity index (χ3n) is 3.23. The minimum Gasteiger partial charge on any atom is -0.504 e. The van der Waals surface area contributed by atoms with E-state index in [4.69, 9.17) is 0 Å². The second-order valence-electron chi connectivity index (χ2n) is 5.02. The highest BCUT2D eigenvalue weighted by Gasteiger charge is 2.32. The predicted octanol–water partition coefficient (Wildman–Crippen LogP) is 3.71. The van der Waals surface area contributed by atoms with Crippen molar-refractivity contribution < 1.29 is 23.4 Å². The van der Waals surface area contributed by atoms with Crippen LogP contribution in [0.1, 0.15) is 5.69 Å². The van der Waals surface area contributed by atoms with Gasteiger partial charge in [-0.3, -0.25) is 0 Å². The smallest absolute Gasteiger partial charge is 0.433 e. The van der Waals surface area contributed by atoms with Crippen LogP contribution in [0.5, 0.6) is 11.5 Å². The molecule has 0 radical (unpaired) electrons. The molecule has 0 spiro atoms. The van der Waals surface area contributed by atoms with Crippen molar-refractivity contribution in [1.29, 1.82) is 0 Å². The highest BCUT2D eigenvalue weighted by Crippen LogP contribution is 2.31. The maximum atomic E-state index is 12.7. The molecule has 0 saturated carbocycles. The van der Waals surface area contributed by atoms with Crippen LogP contribution in [0.15, 0.2) is 48.8 Å². The Hall–Kier alpha value is -3.36. The van der Waals surface area contributed by atoms with Gasteiger partial charge in [0, 0.05) is 11.6 Å². The third kappa shape index (κ3) is 3.77. The first-order valence-electron chi connectivity index (χ1n) is 6.98. The molecular weight excluding hydrogens is 337 g/mol. The van der Waals surface area contributed by atoms with Gasteiger partial charge in [-0.15, -0.1) is 0 Å². The van der Waals surface area contributed by atoms with Gasteiger partial charge in [-0.25, -0.2) is 15.0 Å². The van der Waals surface area contributed by atoms with Gasteiger partial charge >= 0.3 is 6.18 Å². The average molecular weight is 348 g/mol. The van der Waals surface area contributed by atoms with Crippen LogP contribution in [-0.4, -0.2) is 25.2 Å². The van der Waals surface area contributed by atoms with E-state index in [9.17, 15) is 23.4 Å². The van der Waals surface area contributed by atoms with Gasteiger partial charge < -0.3 is 15.5 Å². The number of aromatic nitrogens is 3. The molecule has 1 aromatic carbocycles. The number of anilines is 2. The zero-order valence-electron chi connectivity index (χ0n) is 12.5. The van der Waals surface area contributed by atoms with E-state index in [-0.39, 0.29) is 23.1 Å². The van der Waals surface area contributed by atoms with Gasteiger partial charge in [0.05, 0.1) is 5.69 Å². The third-order valence-corrected chi connectivity index (χ3v) is 3.23. The van der Waals surface area contributed by atoms with Crippen molar-refractivity contribution in [3.05, 3.63) is 54.5 Å². The minimum atomic E-state index is -4.54. The summed E-state index contributed by atoms with van der Waals surface area (Å²) in [5.74, 6) is -0.382. The van der Waals surface area contributed by atoms with E-state index in [1.54, 1.807) is 0 Å². The Morgan fingerprint density at radius 1 is 0.880 bits per heavy atom. The number of nitrogens with zero attached hydrogens (tertiary/aromatic N) is 3. The maximum Gasteiger partial charge on any atom is 0.433 e. The first-order valence-corrected chi connectivity index (χ1v) is 6.98. The summed E-state index contributed by atoms with van der Waals surface area (Å²) < 4.78 is 38.1. The van der Waals surface area contributed by atoms with Gasteiger partial charge in [0.15, 0.2) is 11.5 Å². The van der Waals surface area contributed by atoms with Gasteiger partial charge in [-0.2, -0.15) is 13.2 Å². The molecule has 0 atom stereocenters. The van der Waals surface area contributed by atoms with E-state index >= 15 is 0 Å². The number of halogens is 3. The second kappa shape index (κ2) is 6.27. The van der Waals surface area contributed by atoms with Gasteiger partial charge in [0.25, 0.3) is 0 Å². The number of nitrogens with one attached hydrogen (secondary N) is 1. The van der Waals surface area contributed by atoms with Crippen LogP contribution in [-0.2, 0) is 6.18 Å². The van der Waals surface area contributed by atoms with Crippen molar-refractivity contribution in [3.63, 3.8) is 0 Å². The van der Waals surface area contributed by atoms with Crippen molar-refractivity contribution in [3.8, 4) is 22.8 Å². The molecule has 0 aliphatic rings. The Morgan fingerprint density at radius 3 is 2.40 bits per heavy atom. The molecule has 3 aromatic rings. The minimum absolute atomic E-state index is 0.0203. The Labute approximate surface area is 139 Å². The SMILES string of the molecule is Oc1ccc(-c2cc(Nc3cccc(C(F)(F)F)n3)ncn2)cc1O. The molecule has 0 aliphatic carbocycles. The van der Waals surface area contributed by atoms with Crippen LogP contribution < -0.4 is 5.32 Å². The largest absolute Gasteiger partial charge is 0.504 e.